The highest BCUT2D eigenvalue weighted by molar-refractivity contribution is 5.85. The Balaban J connectivity index is 0.000000845. The van der Waals surface area contributed by atoms with Crippen molar-refractivity contribution >= 4 is 29.1 Å². The molecule has 0 atom stereocenters. The molecule has 0 aliphatic carbocycles. The number of nitrogen functional groups attached to an aromatic ring is 1. The number of aryl methyl sites for hydroxylation is 1. The summed E-state index contributed by atoms with van der Waals surface area (Å²) >= 11 is 0. The van der Waals surface area contributed by atoms with E-state index in [1.807, 2.05) is 0 Å². The van der Waals surface area contributed by atoms with Crippen LogP contribution >= 0.6 is 12.4 Å². The number of halogens is 2. The summed E-state index contributed by atoms with van der Waals surface area (Å²) < 4.78 is 14.8. The van der Waals surface area contributed by atoms with Crippen LogP contribution in [0.25, 0.3) is 11.0 Å². The molecule has 1 aromatic carbocycles. The second-order valence-corrected chi connectivity index (χ2v) is 2.73. The summed E-state index contributed by atoms with van der Waals surface area (Å²) in [6, 6.07) is 2.95. The molecule has 0 aliphatic heterocycles. The summed E-state index contributed by atoms with van der Waals surface area (Å²) in [6.45, 7) is 0. The third-order valence-electron chi connectivity index (χ3n) is 1.79. The van der Waals surface area contributed by atoms with E-state index in [2.05, 4.69) is 4.98 Å². The van der Waals surface area contributed by atoms with Crippen LogP contribution in [0.15, 0.2) is 18.5 Å². The Hall–Kier alpha value is -1.29. The molecule has 0 aliphatic rings. The largest absolute Gasteiger partial charge is 0.399 e. The molecule has 0 fully saturated rings. The summed E-state index contributed by atoms with van der Waals surface area (Å²) in [6.07, 6.45) is 1.56. The van der Waals surface area contributed by atoms with Crippen molar-refractivity contribution < 1.29 is 4.39 Å². The number of nitrogens with two attached hydrogens (primary N) is 1. The summed E-state index contributed by atoms with van der Waals surface area (Å²) in [4.78, 5) is 3.98. The minimum absolute atomic E-state index is 0. The van der Waals surface area contributed by atoms with E-state index in [0.717, 1.165) is 0 Å². The van der Waals surface area contributed by atoms with Gasteiger partial charge in [0.2, 0.25) is 0 Å². The number of imidazole rings is 1. The van der Waals surface area contributed by atoms with E-state index in [-0.39, 0.29) is 18.2 Å². The average molecular weight is 202 g/mol. The highest BCUT2D eigenvalue weighted by Gasteiger charge is 2.06. The van der Waals surface area contributed by atoms with Gasteiger partial charge >= 0.3 is 0 Å². The quantitative estimate of drug-likeness (QED) is 0.660. The standard InChI is InChI=1S/C8H8FN3.ClH/c1-12-4-11-7-3-5(10)2-6(9)8(7)12;/h2-4H,10H2,1H3;1H. The molecule has 2 rings (SSSR count). The molecule has 0 radical (unpaired) electrons. The molecule has 0 amide bonds. The minimum atomic E-state index is -0.329. The maximum Gasteiger partial charge on any atom is 0.151 e. The highest BCUT2D eigenvalue weighted by Crippen LogP contribution is 2.19. The predicted molar refractivity (Wildman–Crippen MR) is 52.3 cm³/mol. The van der Waals surface area contributed by atoms with E-state index in [1.165, 1.54) is 6.07 Å². The van der Waals surface area contributed by atoms with Gasteiger partial charge in [-0.15, -0.1) is 12.4 Å². The first-order valence-electron chi connectivity index (χ1n) is 3.54. The predicted octanol–water partition coefficient (Wildman–Crippen LogP) is 1.72. The van der Waals surface area contributed by atoms with Gasteiger partial charge < -0.3 is 10.3 Å². The van der Waals surface area contributed by atoms with Gasteiger partial charge in [0, 0.05) is 12.7 Å². The monoisotopic (exact) mass is 201 g/mol. The van der Waals surface area contributed by atoms with Crippen LogP contribution in [0.4, 0.5) is 10.1 Å². The molecular weight excluding hydrogens is 193 g/mol. The zero-order chi connectivity index (χ0) is 8.72. The molecule has 0 saturated heterocycles. The first-order valence-corrected chi connectivity index (χ1v) is 3.54. The van der Waals surface area contributed by atoms with E-state index in [1.54, 1.807) is 24.0 Å². The van der Waals surface area contributed by atoms with Crippen LogP contribution < -0.4 is 5.73 Å². The molecule has 2 N–H and O–H groups in total. The normalized spacial score (nSPS) is 10.0. The Morgan fingerprint density at radius 1 is 1.46 bits per heavy atom. The summed E-state index contributed by atoms with van der Waals surface area (Å²) in [7, 11) is 1.74. The van der Waals surface area contributed by atoms with Crippen LogP contribution in [-0.2, 0) is 7.05 Å². The fourth-order valence-electron chi connectivity index (χ4n) is 1.26. The van der Waals surface area contributed by atoms with Crippen LogP contribution in [0.2, 0.25) is 0 Å². The first kappa shape index (κ1) is 9.80. The van der Waals surface area contributed by atoms with Crippen molar-refractivity contribution in [1.82, 2.24) is 9.55 Å². The molecule has 13 heavy (non-hydrogen) atoms. The smallest absolute Gasteiger partial charge is 0.151 e. The van der Waals surface area contributed by atoms with E-state index in [9.17, 15) is 4.39 Å². The number of rotatable bonds is 0. The highest BCUT2D eigenvalue weighted by atomic mass is 35.5. The van der Waals surface area contributed by atoms with Crippen LogP contribution in [-0.4, -0.2) is 9.55 Å². The second kappa shape index (κ2) is 3.22. The van der Waals surface area contributed by atoms with E-state index in [4.69, 9.17) is 5.73 Å². The Bertz CT molecular complexity index is 438. The molecule has 0 spiro atoms. The van der Waals surface area contributed by atoms with Gasteiger partial charge in [0.1, 0.15) is 5.52 Å². The average Bonchev–Trinajstić information content (AvgIpc) is 2.31. The topological polar surface area (TPSA) is 43.8 Å². The molecule has 1 aromatic heterocycles. The van der Waals surface area contributed by atoms with Gasteiger partial charge in [-0.3, -0.25) is 0 Å². The Morgan fingerprint density at radius 2 is 2.15 bits per heavy atom. The molecule has 0 bridgehead atoms. The van der Waals surface area contributed by atoms with Gasteiger partial charge in [-0.05, 0) is 12.1 Å². The molecule has 3 nitrogen and oxygen atoms in total. The number of hydrogen-bond donors (Lipinski definition) is 1. The molecular formula is C8H9ClFN3. The number of fused-ring (bicyclic) bond motifs is 1. The molecule has 0 saturated carbocycles. The lowest BCUT2D eigenvalue weighted by atomic mass is 10.2. The Labute approximate surface area is 80.8 Å². The van der Waals surface area contributed by atoms with Crippen LogP contribution in [0.1, 0.15) is 0 Å². The van der Waals surface area contributed by atoms with E-state index in [0.29, 0.717) is 16.7 Å². The number of aromatic nitrogens is 2. The van der Waals surface area contributed by atoms with Crippen LogP contribution in [0.3, 0.4) is 0 Å². The zero-order valence-corrected chi connectivity index (χ0v) is 7.81. The summed E-state index contributed by atoms with van der Waals surface area (Å²) in [5, 5.41) is 0. The van der Waals surface area contributed by atoms with Crippen molar-refractivity contribution in [3.63, 3.8) is 0 Å². The first-order chi connectivity index (χ1) is 5.68. The van der Waals surface area contributed by atoms with Gasteiger partial charge in [-0.2, -0.15) is 0 Å². The molecule has 1 heterocycles. The lowest BCUT2D eigenvalue weighted by Gasteiger charge is -1.97. The van der Waals surface area contributed by atoms with Crippen LogP contribution in [0.5, 0.6) is 0 Å². The number of hydrogen-bond acceptors (Lipinski definition) is 2. The van der Waals surface area contributed by atoms with Gasteiger partial charge in [0.15, 0.2) is 5.82 Å². The van der Waals surface area contributed by atoms with Crippen molar-refractivity contribution in [3.05, 3.63) is 24.3 Å². The fraction of sp³-hybridized carbons (Fsp3) is 0.125. The maximum atomic E-state index is 13.2. The molecule has 2 aromatic rings. The number of anilines is 1. The Kier molecular flexibility index (Phi) is 2.43. The summed E-state index contributed by atoms with van der Waals surface area (Å²) in [5.41, 5.74) is 6.93. The van der Waals surface area contributed by atoms with E-state index < -0.39 is 0 Å². The van der Waals surface area contributed by atoms with Gasteiger partial charge in [0.05, 0.1) is 11.8 Å². The van der Waals surface area contributed by atoms with Gasteiger partial charge in [-0.1, -0.05) is 0 Å². The zero-order valence-electron chi connectivity index (χ0n) is 6.99. The minimum Gasteiger partial charge on any atom is -0.399 e. The maximum absolute atomic E-state index is 13.2. The van der Waals surface area contributed by atoms with Crippen molar-refractivity contribution in [1.29, 1.82) is 0 Å². The van der Waals surface area contributed by atoms with Gasteiger partial charge in [0.25, 0.3) is 0 Å². The molecule has 5 heteroatoms. The molecule has 0 unspecified atom stereocenters. The molecule has 70 valence electrons. The SMILES string of the molecule is Cl.Cn1cnc2cc(N)cc(F)c21. The third-order valence-corrected chi connectivity index (χ3v) is 1.79. The lowest BCUT2D eigenvalue weighted by molar-refractivity contribution is 0.632. The Morgan fingerprint density at radius 3 is 2.85 bits per heavy atom. The van der Waals surface area contributed by atoms with Crippen molar-refractivity contribution in [2.45, 2.75) is 0 Å². The lowest BCUT2D eigenvalue weighted by Crippen LogP contribution is -1.91. The summed E-state index contributed by atoms with van der Waals surface area (Å²) in [5.74, 6) is -0.329. The van der Waals surface area contributed by atoms with Crippen molar-refractivity contribution in [2.24, 2.45) is 7.05 Å². The van der Waals surface area contributed by atoms with E-state index >= 15 is 0 Å². The number of nitrogens with zero attached hydrogens (tertiary/aromatic N) is 2. The second-order valence-electron chi connectivity index (χ2n) is 2.73. The number of benzene rings is 1. The van der Waals surface area contributed by atoms with Crippen molar-refractivity contribution in [3.8, 4) is 0 Å². The fourth-order valence-corrected chi connectivity index (χ4v) is 1.26. The van der Waals surface area contributed by atoms with Crippen LogP contribution in [0, 0.1) is 5.82 Å². The third kappa shape index (κ3) is 1.45. The van der Waals surface area contributed by atoms with Crippen molar-refractivity contribution in [2.75, 3.05) is 5.73 Å². The van der Waals surface area contributed by atoms with Gasteiger partial charge in [-0.25, -0.2) is 9.37 Å².